The summed E-state index contributed by atoms with van der Waals surface area (Å²) >= 11 is 0. The van der Waals surface area contributed by atoms with Gasteiger partial charge < -0.3 is 116 Å². The lowest BCUT2D eigenvalue weighted by atomic mass is 9.98. The normalized spacial score (nSPS) is 13.6. The van der Waals surface area contributed by atoms with Crippen molar-refractivity contribution in [3.63, 3.8) is 0 Å². The van der Waals surface area contributed by atoms with E-state index in [0.717, 1.165) is 17.1 Å². The highest BCUT2D eigenvalue weighted by molar-refractivity contribution is 6.13. The van der Waals surface area contributed by atoms with Crippen LogP contribution in [0, 0.1) is 5.92 Å². The third kappa shape index (κ3) is 49.1. The Labute approximate surface area is 794 Å². The molecular weight excluding hydrogens is 1750 g/mol. The van der Waals surface area contributed by atoms with Crippen molar-refractivity contribution in [2.45, 2.75) is 310 Å². The average Bonchev–Trinajstić information content (AvgIpc) is 1.10. The number of hydrogen-bond donors (Lipinski definition) is 11. The molecule has 39 nitrogen and oxygen atoms in total. The van der Waals surface area contributed by atoms with Crippen LogP contribution in [0.4, 0.5) is 20.1 Å². The van der Waals surface area contributed by atoms with Gasteiger partial charge in [-0.2, -0.15) is 0 Å². The first-order chi connectivity index (χ1) is 62.6. The molecule has 12 N–H and O–H groups in total. The third-order valence-electron chi connectivity index (χ3n) is 21.2. The standard InChI is InChI=1S/C96H154N14O25/c1-64(2)81(84(122)101-69(25-24-48-98-85(97)123)82(120)99-67-30-26-65(27-31-67)60-129-86(124)108(22)50-51-109(23)87(125)134-68-32-28-66-29-37-80(119)135-71(66)59-68)102-72(111)34-33-70(100-73(112)38-43-95(20,21)133-58-47-94(18,19)103-74(113)39-49-110-78(117)35-36-79(110)118)83(121)107-96(61-126-52-40-75(114)104-91(12,13)44-55-130-88(3,4)5,62-127-53-41-76(115)105-92(14,15)45-56-131-89(6,7)8)63-128-54-42-77(116)106-93(16,17)46-57-132-90(9,10)11/h26-32,35-37,59,64,69-70,81H,24-25,33-34,38-58,60-63H2,1-23H3,(H,99,120)(H,100,112)(H,101,122)(H,102,111)(H,103,113)(H,104,114)(H,105,115)(H,106,116)(H,107,121)(H3,97,98,123)/t69-,70-,81?/m0/s1. The number of rotatable bonds is 60. The second kappa shape index (κ2) is 54.3. The second-order valence-electron chi connectivity index (χ2n) is 40.7. The summed E-state index contributed by atoms with van der Waals surface area (Å²) in [6.07, 6.45) is 0.804. The van der Waals surface area contributed by atoms with E-state index in [0.29, 0.717) is 50.0 Å². The number of amides is 15. The number of nitrogens with two attached hydrogens (primary N) is 1. The van der Waals surface area contributed by atoms with Gasteiger partial charge >= 0.3 is 23.8 Å². The van der Waals surface area contributed by atoms with E-state index in [9.17, 15) is 67.1 Å². The van der Waals surface area contributed by atoms with Gasteiger partial charge in [-0.1, -0.05) is 26.0 Å². The Kier molecular flexibility index (Phi) is 46.9. The molecule has 1 aliphatic heterocycles. The zero-order valence-corrected chi connectivity index (χ0v) is 83.8. The van der Waals surface area contributed by atoms with Crippen molar-refractivity contribution < 1.29 is 114 Å². The van der Waals surface area contributed by atoms with Gasteiger partial charge in [0.05, 0.1) is 62.0 Å². The summed E-state index contributed by atoms with van der Waals surface area (Å²) in [6.45, 7) is 37.8. The van der Waals surface area contributed by atoms with Crippen molar-refractivity contribution in [2.24, 2.45) is 11.7 Å². The quantitative estimate of drug-likeness (QED) is 0.0144. The topological polar surface area (TPSA) is 508 Å². The molecule has 0 spiro atoms. The molecule has 0 saturated heterocycles. The van der Waals surface area contributed by atoms with Gasteiger partial charge in [-0.25, -0.2) is 19.2 Å². The van der Waals surface area contributed by atoms with E-state index >= 15 is 4.79 Å². The highest BCUT2D eigenvalue weighted by Crippen LogP contribution is 2.25. The van der Waals surface area contributed by atoms with Crippen LogP contribution >= 0.6 is 0 Å². The summed E-state index contributed by atoms with van der Waals surface area (Å²) in [5, 5.41) is 29.3. The molecule has 0 aliphatic carbocycles. The maximum atomic E-state index is 15.7. The molecule has 1 aromatic heterocycles. The van der Waals surface area contributed by atoms with Crippen molar-refractivity contribution in [2.75, 3.05) is 112 Å². The number of primary amides is 1. The van der Waals surface area contributed by atoms with Crippen LogP contribution in [0.15, 0.2) is 76.0 Å². The van der Waals surface area contributed by atoms with E-state index in [1.165, 1.54) is 48.2 Å². The van der Waals surface area contributed by atoms with Crippen molar-refractivity contribution in [3.05, 3.63) is 82.7 Å². The first-order valence-corrected chi connectivity index (χ1v) is 46.2. The van der Waals surface area contributed by atoms with Crippen LogP contribution in [0.1, 0.15) is 241 Å². The molecule has 0 saturated carbocycles. The van der Waals surface area contributed by atoms with Crippen LogP contribution in [0.25, 0.3) is 11.0 Å². The fourth-order valence-corrected chi connectivity index (χ4v) is 13.2. The highest BCUT2D eigenvalue weighted by atomic mass is 16.6. The van der Waals surface area contributed by atoms with Crippen LogP contribution in [0.3, 0.4) is 0 Å². The lowest BCUT2D eigenvalue weighted by molar-refractivity contribution is -0.137. The number of likely N-dealkylation sites (N-methyl/N-ethyl adjacent to an activating group) is 2. The SMILES string of the molecule is CC(C)C(NC(=O)CC[C@H](NC(=O)CCC(C)(C)OCCC(C)(C)NC(=O)CCN1C(=O)C=CC1=O)C(=O)NC(COCCC(=O)NC(C)(C)CCOC(C)(C)C)(COCCC(=O)NC(C)(C)CCOC(C)(C)C)COCCC(=O)NC(C)(C)CCOC(C)(C)C)C(=O)N[C@@H](CCCNC(N)=O)C(=O)Nc1ccc(COC(=O)N(C)CCN(C)C(=O)Oc2ccc3ccc(=O)oc3c2)cc1. The van der Waals surface area contributed by atoms with Crippen LogP contribution in [-0.2, 0) is 97.2 Å². The molecule has 0 fully saturated rings. The zero-order valence-electron chi connectivity index (χ0n) is 83.8. The van der Waals surface area contributed by atoms with Gasteiger partial charge in [-0.3, -0.25) is 57.6 Å². The molecule has 1 unspecified atom stereocenters. The van der Waals surface area contributed by atoms with Crippen LogP contribution in [-0.4, -0.2) is 272 Å². The molecule has 0 bridgehead atoms. The Morgan fingerprint density at radius 3 is 1.37 bits per heavy atom. The maximum absolute atomic E-state index is 15.7. The molecule has 2 aromatic carbocycles. The molecule has 3 atom stereocenters. The molecule has 39 heteroatoms. The molecule has 2 heterocycles. The van der Waals surface area contributed by atoms with E-state index in [1.807, 2.05) is 104 Å². The summed E-state index contributed by atoms with van der Waals surface area (Å²) in [7, 11) is 2.96. The number of hydrogen-bond acceptors (Lipinski definition) is 25. The molecule has 758 valence electrons. The number of benzene rings is 2. The third-order valence-corrected chi connectivity index (χ3v) is 21.2. The zero-order chi connectivity index (χ0) is 102. The molecule has 1 aliphatic rings. The van der Waals surface area contributed by atoms with Crippen molar-refractivity contribution in [1.29, 1.82) is 0 Å². The van der Waals surface area contributed by atoms with E-state index in [-0.39, 0.29) is 152 Å². The number of fused-ring (bicyclic) bond motifs is 1. The Balaban J connectivity index is 1.67. The number of urea groups is 1. The predicted octanol–water partition coefficient (Wildman–Crippen LogP) is 8.32. The summed E-state index contributed by atoms with van der Waals surface area (Å²) in [5.74, 6) is -6.91. The Morgan fingerprint density at radius 2 is 0.904 bits per heavy atom. The number of nitrogens with zero attached hydrogens (tertiary/aromatic N) is 3. The molecule has 15 amide bonds. The van der Waals surface area contributed by atoms with Gasteiger partial charge in [0.1, 0.15) is 41.6 Å². The number of carbonyl (C=O) groups is 14. The number of imide groups is 1. The van der Waals surface area contributed by atoms with Crippen LogP contribution in [0.5, 0.6) is 5.75 Å². The van der Waals surface area contributed by atoms with E-state index in [1.54, 1.807) is 71.9 Å². The van der Waals surface area contributed by atoms with E-state index in [2.05, 4.69) is 53.2 Å². The number of anilines is 1. The molecule has 0 radical (unpaired) electrons. The second-order valence-corrected chi connectivity index (χ2v) is 40.7. The molecule has 135 heavy (non-hydrogen) atoms. The largest absolute Gasteiger partial charge is 0.445 e. The van der Waals surface area contributed by atoms with Gasteiger partial charge in [0, 0.05) is 163 Å². The molecular formula is C96H154N14O25. The number of carbonyl (C=O) groups excluding carboxylic acids is 14. The van der Waals surface area contributed by atoms with Crippen LogP contribution < -0.4 is 69.3 Å². The Morgan fingerprint density at radius 1 is 0.459 bits per heavy atom. The summed E-state index contributed by atoms with van der Waals surface area (Å²) in [6, 6.07) is 8.65. The van der Waals surface area contributed by atoms with Gasteiger partial charge in [-0.15, -0.1) is 0 Å². The number of nitrogens with one attached hydrogen (secondary N) is 10. The summed E-state index contributed by atoms with van der Waals surface area (Å²) in [5.41, 5.74) is -1.19. The minimum Gasteiger partial charge on any atom is -0.445 e. The average molecular weight is 1900 g/mol. The fourth-order valence-electron chi connectivity index (χ4n) is 13.2. The minimum absolute atomic E-state index is 0.00812. The Bertz CT molecular complexity index is 4360. The monoisotopic (exact) mass is 1900 g/mol. The summed E-state index contributed by atoms with van der Waals surface area (Å²) < 4.78 is 59.4. The fraction of sp³-hybridized carbons (Fsp3) is 0.677. The smallest absolute Gasteiger partial charge is 0.415 e. The maximum Gasteiger partial charge on any atom is 0.415 e. The van der Waals surface area contributed by atoms with Crippen molar-refractivity contribution in [1.82, 2.24) is 62.6 Å². The number of ether oxygens (including phenoxy) is 9. The highest BCUT2D eigenvalue weighted by Gasteiger charge is 2.39. The minimum atomic E-state index is -1.78. The molecule has 4 rings (SSSR count). The Hall–Kier alpha value is -10.7. The molecule has 3 aromatic rings. The summed E-state index contributed by atoms with van der Waals surface area (Å²) in [4.78, 5) is 206. The van der Waals surface area contributed by atoms with E-state index < -0.39 is 178 Å². The van der Waals surface area contributed by atoms with E-state index in [4.69, 9.17) is 52.8 Å². The predicted molar refractivity (Wildman–Crippen MR) is 507 cm³/mol. The van der Waals surface area contributed by atoms with Crippen molar-refractivity contribution >= 4 is 99.9 Å². The van der Waals surface area contributed by atoms with Crippen molar-refractivity contribution in [3.8, 4) is 5.75 Å². The lowest BCUT2D eigenvalue weighted by Gasteiger charge is -2.36. The van der Waals surface area contributed by atoms with Gasteiger partial charge in [0.2, 0.25) is 53.2 Å². The first kappa shape index (κ1) is 117. The van der Waals surface area contributed by atoms with Gasteiger partial charge in [0.15, 0.2) is 0 Å². The van der Waals surface area contributed by atoms with Gasteiger partial charge in [0.25, 0.3) is 11.8 Å². The lowest BCUT2D eigenvalue weighted by Crippen LogP contribution is -2.62. The van der Waals surface area contributed by atoms with Crippen LogP contribution in [0.2, 0.25) is 0 Å². The van der Waals surface area contributed by atoms with Gasteiger partial charge in [-0.05, 0) is 225 Å². The first-order valence-electron chi connectivity index (χ1n) is 46.2.